The first-order valence-electron chi connectivity index (χ1n) is 5.89. The van der Waals surface area contributed by atoms with Gasteiger partial charge in [0.2, 0.25) is 5.91 Å². The van der Waals surface area contributed by atoms with E-state index in [-0.39, 0.29) is 29.9 Å². The van der Waals surface area contributed by atoms with Gasteiger partial charge < -0.3 is 9.64 Å². The van der Waals surface area contributed by atoms with Gasteiger partial charge in [0, 0.05) is 19.7 Å². The number of likely N-dealkylation sites (N-methyl/N-ethyl adjacent to an activating group) is 1. The third-order valence-corrected chi connectivity index (χ3v) is 2.91. The molecule has 0 aromatic heterocycles. The summed E-state index contributed by atoms with van der Waals surface area (Å²) in [5, 5.41) is -0.00125. The van der Waals surface area contributed by atoms with E-state index >= 15 is 0 Å². The first kappa shape index (κ1) is 16.2. The number of hydrogen-bond acceptors (Lipinski definition) is 3. The third-order valence-electron chi connectivity index (χ3n) is 2.62. The van der Waals surface area contributed by atoms with Crippen molar-refractivity contribution in [3.8, 4) is 0 Å². The number of benzene rings is 1. The molecule has 0 spiro atoms. The lowest BCUT2D eigenvalue weighted by molar-refractivity contribution is -0.141. The number of methoxy groups -OCH3 is 1. The van der Waals surface area contributed by atoms with Crippen LogP contribution in [0.4, 0.5) is 4.39 Å². The number of nitrogens with zero attached hydrogens (tertiary/aromatic N) is 1. The molecule has 108 valence electrons. The molecular formula is C14H15ClFNO3. The summed E-state index contributed by atoms with van der Waals surface area (Å²) < 4.78 is 17.4. The fourth-order valence-corrected chi connectivity index (χ4v) is 1.57. The van der Waals surface area contributed by atoms with Crippen LogP contribution in [-0.4, -0.2) is 37.5 Å². The van der Waals surface area contributed by atoms with Crippen LogP contribution in [0.25, 0.3) is 6.08 Å². The van der Waals surface area contributed by atoms with Gasteiger partial charge in [-0.05, 0) is 23.8 Å². The molecule has 0 fully saturated rings. The summed E-state index contributed by atoms with van der Waals surface area (Å²) in [5.41, 5.74) is 0.617. The van der Waals surface area contributed by atoms with Gasteiger partial charge in [-0.15, -0.1) is 0 Å². The number of ether oxygens (including phenoxy) is 1. The van der Waals surface area contributed by atoms with E-state index < -0.39 is 5.82 Å². The Hall–Kier alpha value is -1.88. The molecule has 0 heterocycles. The van der Waals surface area contributed by atoms with E-state index in [0.717, 1.165) is 0 Å². The number of carbonyl (C=O) groups excluding carboxylic acids is 2. The molecule has 1 aromatic carbocycles. The molecule has 0 saturated carbocycles. The van der Waals surface area contributed by atoms with Crippen molar-refractivity contribution in [2.45, 2.75) is 6.42 Å². The molecule has 0 aliphatic heterocycles. The van der Waals surface area contributed by atoms with E-state index in [4.69, 9.17) is 11.6 Å². The molecule has 1 aromatic rings. The zero-order chi connectivity index (χ0) is 15.1. The minimum absolute atomic E-state index is 0.00125. The first-order valence-corrected chi connectivity index (χ1v) is 6.27. The summed E-state index contributed by atoms with van der Waals surface area (Å²) >= 11 is 5.64. The molecule has 20 heavy (non-hydrogen) atoms. The second-order valence-corrected chi connectivity index (χ2v) is 4.50. The number of rotatable bonds is 5. The molecule has 0 unspecified atom stereocenters. The quantitative estimate of drug-likeness (QED) is 0.620. The molecule has 4 nitrogen and oxygen atoms in total. The van der Waals surface area contributed by atoms with Gasteiger partial charge in [-0.3, -0.25) is 9.59 Å². The number of halogens is 2. The van der Waals surface area contributed by atoms with Crippen LogP contribution >= 0.6 is 11.6 Å². The van der Waals surface area contributed by atoms with Gasteiger partial charge in [-0.2, -0.15) is 0 Å². The van der Waals surface area contributed by atoms with Crippen LogP contribution in [-0.2, 0) is 14.3 Å². The molecular weight excluding hydrogens is 285 g/mol. The Balaban J connectivity index is 2.58. The minimum atomic E-state index is -0.509. The van der Waals surface area contributed by atoms with Crippen LogP contribution in [0.1, 0.15) is 12.0 Å². The summed E-state index contributed by atoms with van der Waals surface area (Å²) in [6.07, 6.45) is 3.00. The highest BCUT2D eigenvalue weighted by molar-refractivity contribution is 6.30. The van der Waals surface area contributed by atoms with Gasteiger partial charge in [0.25, 0.3) is 0 Å². The fraction of sp³-hybridized carbons (Fsp3) is 0.286. The monoisotopic (exact) mass is 299 g/mol. The zero-order valence-corrected chi connectivity index (χ0v) is 12.0. The van der Waals surface area contributed by atoms with Crippen LogP contribution in [0.2, 0.25) is 5.02 Å². The van der Waals surface area contributed by atoms with Gasteiger partial charge in [0.05, 0.1) is 18.6 Å². The van der Waals surface area contributed by atoms with Crippen LogP contribution < -0.4 is 0 Å². The molecule has 0 atom stereocenters. The molecule has 0 aliphatic carbocycles. The Bertz CT molecular complexity index is 531. The highest BCUT2D eigenvalue weighted by Gasteiger charge is 2.08. The third kappa shape index (κ3) is 5.01. The van der Waals surface area contributed by atoms with Crippen molar-refractivity contribution in [3.05, 3.63) is 40.7 Å². The van der Waals surface area contributed by atoms with Gasteiger partial charge >= 0.3 is 5.97 Å². The predicted octanol–water partition coefficient (Wildman–Crippen LogP) is 2.51. The topological polar surface area (TPSA) is 46.6 Å². The normalized spacial score (nSPS) is 10.6. The lowest BCUT2D eigenvalue weighted by atomic mass is 10.2. The molecule has 1 rings (SSSR count). The summed E-state index contributed by atoms with van der Waals surface area (Å²) in [7, 11) is 2.87. The average Bonchev–Trinajstić information content (AvgIpc) is 2.45. The lowest BCUT2D eigenvalue weighted by Crippen LogP contribution is -2.27. The SMILES string of the molecule is COC(=O)CCN(C)C(=O)C=Cc1ccc(F)c(Cl)c1. The number of hydrogen-bond donors (Lipinski definition) is 0. The van der Waals surface area contributed by atoms with Gasteiger partial charge in [0.15, 0.2) is 0 Å². The molecule has 0 radical (unpaired) electrons. The van der Waals surface area contributed by atoms with Gasteiger partial charge in [-0.1, -0.05) is 17.7 Å². The van der Waals surface area contributed by atoms with E-state index in [0.29, 0.717) is 5.56 Å². The number of carbonyl (C=O) groups is 2. The van der Waals surface area contributed by atoms with Gasteiger partial charge in [-0.25, -0.2) is 4.39 Å². The van der Waals surface area contributed by atoms with Crippen molar-refractivity contribution in [2.75, 3.05) is 20.7 Å². The Morgan fingerprint density at radius 2 is 2.15 bits per heavy atom. The summed E-state index contributed by atoms with van der Waals surface area (Å²) in [5.74, 6) is -1.15. The molecule has 0 aliphatic rings. The second-order valence-electron chi connectivity index (χ2n) is 4.09. The Kier molecular flexibility index (Phi) is 6.18. The highest BCUT2D eigenvalue weighted by atomic mass is 35.5. The Morgan fingerprint density at radius 3 is 2.75 bits per heavy atom. The minimum Gasteiger partial charge on any atom is -0.469 e. The zero-order valence-electron chi connectivity index (χ0n) is 11.2. The van der Waals surface area contributed by atoms with E-state index in [1.54, 1.807) is 7.05 Å². The first-order chi connectivity index (χ1) is 9.43. The number of esters is 1. The maximum absolute atomic E-state index is 13.0. The molecule has 0 saturated heterocycles. The van der Waals surface area contributed by atoms with Crippen LogP contribution in [0.15, 0.2) is 24.3 Å². The highest BCUT2D eigenvalue weighted by Crippen LogP contribution is 2.16. The van der Waals surface area contributed by atoms with Crippen molar-refractivity contribution >= 4 is 29.6 Å². The molecule has 1 amide bonds. The van der Waals surface area contributed by atoms with E-state index in [1.807, 2.05) is 0 Å². The van der Waals surface area contributed by atoms with E-state index in [2.05, 4.69) is 4.74 Å². The summed E-state index contributed by atoms with van der Waals surface area (Å²) in [6, 6.07) is 4.17. The molecule has 0 N–H and O–H groups in total. The summed E-state index contributed by atoms with van der Waals surface area (Å²) in [4.78, 5) is 24.1. The van der Waals surface area contributed by atoms with Crippen molar-refractivity contribution in [2.24, 2.45) is 0 Å². The largest absolute Gasteiger partial charge is 0.469 e. The predicted molar refractivity (Wildman–Crippen MR) is 74.7 cm³/mol. The standard InChI is InChI=1S/C14H15ClFNO3/c1-17(8-7-14(19)20-2)13(18)6-4-10-3-5-12(16)11(15)9-10/h3-6,9H,7-8H2,1-2H3. The summed E-state index contributed by atoms with van der Waals surface area (Å²) in [6.45, 7) is 0.264. The average molecular weight is 300 g/mol. The van der Waals surface area contributed by atoms with Crippen molar-refractivity contribution in [3.63, 3.8) is 0 Å². The van der Waals surface area contributed by atoms with E-state index in [9.17, 15) is 14.0 Å². The van der Waals surface area contributed by atoms with Crippen molar-refractivity contribution in [1.29, 1.82) is 0 Å². The second kappa shape index (κ2) is 7.65. The fourth-order valence-electron chi connectivity index (χ4n) is 1.38. The number of amides is 1. The van der Waals surface area contributed by atoms with Gasteiger partial charge in [0.1, 0.15) is 5.82 Å². The molecule has 6 heteroatoms. The van der Waals surface area contributed by atoms with Crippen LogP contribution in [0, 0.1) is 5.82 Å². The van der Waals surface area contributed by atoms with Crippen LogP contribution in [0.3, 0.4) is 0 Å². The smallest absolute Gasteiger partial charge is 0.307 e. The van der Waals surface area contributed by atoms with Crippen LogP contribution in [0.5, 0.6) is 0 Å². The Morgan fingerprint density at radius 1 is 1.45 bits per heavy atom. The van der Waals surface area contributed by atoms with Crippen molar-refractivity contribution < 1.29 is 18.7 Å². The lowest BCUT2D eigenvalue weighted by Gasteiger charge is -2.13. The Labute approximate surface area is 121 Å². The van der Waals surface area contributed by atoms with E-state index in [1.165, 1.54) is 42.4 Å². The maximum Gasteiger partial charge on any atom is 0.307 e. The maximum atomic E-state index is 13.0. The van der Waals surface area contributed by atoms with Crippen molar-refractivity contribution in [1.82, 2.24) is 4.90 Å². The molecule has 0 bridgehead atoms.